The van der Waals surface area contributed by atoms with E-state index >= 15 is 0 Å². The molecule has 4 heteroatoms. The van der Waals surface area contributed by atoms with Crippen molar-refractivity contribution in [2.24, 2.45) is 5.92 Å². The summed E-state index contributed by atoms with van der Waals surface area (Å²) < 4.78 is 5.78. The highest BCUT2D eigenvalue weighted by Gasteiger charge is 2.36. The second-order valence-corrected chi connectivity index (χ2v) is 7.63. The van der Waals surface area contributed by atoms with Gasteiger partial charge in [0.05, 0.1) is 0 Å². The molecular formula is C20H28N2O2. The monoisotopic (exact) mass is 328 g/mol. The molecule has 0 radical (unpaired) electrons. The molecular weight excluding hydrogens is 300 g/mol. The highest BCUT2D eigenvalue weighted by Crippen LogP contribution is 2.36. The number of amides is 1. The summed E-state index contributed by atoms with van der Waals surface area (Å²) in [7, 11) is 0. The van der Waals surface area contributed by atoms with Crippen LogP contribution in [0.4, 0.5) is 10.5 Å². The molecule has 1 aromatic rings. The first kappa shape index (κ1) is 15.9. The maximum Gasteiger partial charge on any atom is 0.411 e. The zero-order valence-corrected chi connectivity index (χ0v) is 14.4. The smallest absolute Gasteiger partial charge is 0.411 e. The highest BCUT2D eigenvalue weighted by molar-refractivity contribution is 5.86. The normalized spacial score (nSPS) is 30.1. The number of benzene rings is 1. The molecule has 1 N–H and O–H groups in total. The molecule has 0 spiro atoms. The molecule has 1 aliphatic carbocycles. The molecule has 5 rings (SSSR count). The second kappa shape index (κ2) is 7.14. The van der Waals surface area contributed by atoms with Gasteiger partial charge in [-0.2, -0.15) is 0 Å². The van der Waals surface area contributed by atoms with Crippen molar-refractivity contribution in [2.75, 3.05) is 25.0 Å². The van der Waals surface area contributed by atoms with Crippen molar-refractivity contribution in [2.45, 2.75) is 57.0 Å². The van der Waals surface area contributed by atoms with Gasteiger partial charge in [-0.3, -0.25) is 10.2 Å². The predicted molar refractivity (Wildman–Crippen MR) is 95.3 cm³/mol. The Bertz CT molecular complexity index is 575. The van der Waals surface area contributed by atoms with Crippen molar-refractivity contribution < 1.29 is 9.53 Å². The number of ether oxygens (including phenoxy) is 1. The standard InChI is InChI=1S/C20H28N2O2/c23-20(24-19-14-22-12-10-16(19)11-13-22)21-18-9-5-4-8-17(18)15-6-2-1-3-7-15/h4-5,8-9,15-16,19H,1-3,6-7,10-14H2,(H,21,23). The number of anilines is 1. The summed E-state index contributed by atoms with van der Waals surface area (Å²) in [5.74, 6) is 1.13. The van der Waals surface area contributed by atoms with Crippen molar-refractivity contribution in [1.29, 1.82) is 0 Å². The molecule has 130 valence electrons. The predicted octanol–water partition coefficient (Wildman–Crippen LogP) is 4.38. The minimum absolute atomic E-state index is 0.0642. The van der Waals surface area contributed by atoms with Gasteiger partial charge in [-0.05, 0) is 62.2 Å². The topological polar surface area (TPSA) is 41.6 Å². The zero-order valence-electron chi connectivity index (χ0n) is 14.4. The molecule has 3 aliphatic heterocycles. The summed E-state index contributed by atoms with van der Waals surface area (Å²) in [6.45, 7) is 3.23. The summed E-state index contributed by atoms with van der Waals surface area (Å²) in [6.07, 6.45) is 8.50. The Morgan fingerprint density at radius 2 is 1.79 bits per heavy atom. The van der Waals surface area contributed by atoms with Crippen LogP contribution in [0, 0.1) is 5.92 Å². The van der Waals surface area contributed by atoms with E-state index in [9.17, 15) is 4.79 Å². The molecule has 4 nitrogen and oxygen atoms in total. The van der Waals surface area contributed by atoms with Crippen LogP contribution in [-0.4, -0.2) is 36.7 Å². The van der Waals surface area contributed by atoms with E-state index in [0.29, 0.717) is 11.8 Å². The molecule has 1 atom stereocenters. The van der Waals surface area contributed by atoms with Gasteiger partial charge in [0.25, 0.3) is 0 Å². The molecule has 1 aromatic carbocycles. The lowest BCUT2D eigenvalue weighted by molar-refractivity contribution is -0.0289. The number of carbonyl (C=O) groups excluding carboxylic acids is 1. The number of hydrogen-bond acceptors (Lipinski definition) is 3. The van der Waals surface area contributed by atoms with Crippen molar-refractivity contribution in [1.82, 2.24) is 4.90 Å². The number of fused-ring (bicyclic) bond motifs is 3. The Labute approximate surface area is 144 Å². The van der Waals surface area contributed by atoms with Gasteiger partial charge in [0.1, 0.15) is 6.10 Å². The van der Waals surface area contributed by atoms with Gasteiger partial charge in [0.15, 0.2) is 0 Å². The third-order valence-electron chi connectivity index (χ3n) is 6.10. The summed E-state index contributed by atoms with van der Waals surface area (Å²) in [5, 5.41) is 3.03. The van der Waals surface area contributed by atoms with Crippen LogP contribution in [0.3, 0.4) is 0 Å². The largest absolute Gasteiger partial charge is 0.444 e. The number of para-hydroxylation sites is 1. The molecule has 0 aromatic heterocycles. The summed E-state index contributed by atoms with van der Waals surface area (Å²) >= 11 is 0. The van der Waals surface area contributed by atoms with Gasteiger partial charge in [-0.15, -0.1) is 0 Å². The van der Waals surface area contributed by atoms with Gasteiger partial charge >= 0.3 is 6.09 Å². The number of nitrogens with zero attached hydrogens (tertiary/aromatic N) is 1. The Kier molecular flexibility index (Phi) is 4.74. The molecule has 4 fully saturated rings. The first-order chi connectivity index (χ1) is 11.8. The van der Waals surface area contributed by atoms with Crippen LogP contribution < -0.4 is 5.32 Å². The van der Waals surface area contributed by atoms with Crippen LogP contribution in [0.5, 0.6) is 0 Å². The molecule has 4 aliphatic rings. The Morgan fingerprint density at radius 1 is 1.04 bits per heavy atom. The number of hydrogen-bond donors (Lipinski definition) is 1. The molecule has 1 unspecified atom stereocenters. The SMILES string of the molecule is O=C(Nc1ccccc1C1CCCCC1)OC1CN2CCC1CC2. The first-order valence-corrected chi connectivity index (χ1v) is 9.58. The van der Waals surface area contributed by atoms with E-state index in [1.54, 1.807) is 0 Å². The third-order valence-corrected chi connectivity index (χ3v) is 6.10. The number of carbonyl (C=O) groups is 1. The van der Waals surface area contributed by atoms with E-state index in [-0.39, 0.29) is 12.2 Å². The Morgan fingerprint density at radius 3 is 2.50 bits per heavy atom. The molecule has 24 heavy (non-hydrogen) atoms. The first-order valence-electron chi connectivity index (χ1n) is 9.58. The minimum Gasteiger partial charge on any atom is -0.444 e. The lowest BCUT2D eigenvalue weighted by atomic mass is 9.83. The van der Waals surface area contributed by atoms with Gasteiger partial charge in [-0.25, -0.2) is 4.79 Å². The van der Waals surface area contributed by atoms with E-state index in [4.69, 9.17) is 4.74 Å². The third kappa shape index (κ3) is 3.44. The average molecular weight is 328 g/mol. The maximum atomic E-state index is 12.4. The van der Waals surface area contributed by atoms with Gasteiger partial charge in [0, 0.05) is 12.2 Å². The molecule has 3 heterocycles. The maximum absolute atomic E-state index is 12.4. The van der Waals surface area contributed by atoms with E-state index < -0.39 is 0 Å². The summed E-state index contributed by atoms with van der Waals surface area (Å²) in [6, 6.07) is 8.26. The molecule has 1 amide bonds. The minimum atomic E-state index is -0.281. The van der Waals surface area contributed by atoms with Crippen LogP contribution in [-0.2, 0) is 4.74 Å². The highest BCUT2D eigenvalue weighted by atomic mass is 16.6. The number of piperidine rings is 3. The molecule has 3 saturated heterocycles. The van der Waals surface area contributed by atoms with Gasteiger partial charge in [-0.1, -0.05) is 37.5 Å². The van der Waals surface area contributed by atoms with Crippen LogP contribution in [0.15, 0.2) is 24.3 Å². The average Bonchev–Trinajstić information content (AvgIpc) is 2.64. The van der Waals surface area contributed by atoms with Crippen LogP contribution >= 0.6 is 0 Å². The van der Waals surface area contributed by atoms with Gasteiger partial charge < -0.3 is 4.74 Å². The quantitative estimate of drug-likeness (QED) is 0.895. The Hall–Kier alpha value is -1.55. The van der Waals surface area contributed by atoms with Crippen LogP contribution in [0.2, 0.25) is 0 Å². The van der Waals surface area contributed by atoms with Crippen molar-refractivity contribution in [3.05, 3.63) is 29.8 Å². The van der Waals surface area contributed by atoms with E-state index in [1.165, 1.54) is 37.7 Å². The van der Waals surface area contributed by atoms with Crippen molar-refractivity contribution >= 4 is 11.8 Å². The fraction of sp³-hybridized carbons (Fsp3) is 0.650. The lowest BCUT2D eigenvalue weighted by Gasteiger charge is -2.43. The molecule has 1 saturated carbocycles. The van der Waals surface area contributed by atoms with E-state index in [2.05, 4.69) is 22.3 Å². The van der Waals surface area contributed by atoms with Crippen LogP contribution in [0.25, 0.3) is 0 Å². The Balaban J connectivity index is 1.40. The summed E-state index contributed by atoms with van der Waals surface area (Å²) in [4.78, 5) is 14.9. The summed E-state index contributed by atoms with van der Waals surface area (Å²) in [5.41, 5.74) is 2.22. The van der Waals surface area contributed by atoms with Crippen LogP contribution in [0.1, 0.15) is 56.4 Å². The number of nitrogens with one attached hydrogen (secondary N) is 1. The second-order valence-electron chi connectivity index (χ2n) is 7.63. The zero-order chi connectivity index (χ0) is 16.4. The van der Waals surface area contributed by atoms with Crippen molar-refractivity contribution in [3.8, 4) is 0 Å². The fourth-order valence-corrected chi connectivity index (χ4v) is 4.70. The molecule has 2 bridgehead atoms. The lowest BCUT2D eigenvalue weighted by Crippen LogP contribution is -2.52. The fourth-order valence-electron chi connectivity index (χ4n) is 4.70. The van der Waals surface area contributed by atoms with E-state index in [0.717, 1.165) is 38.2 Å². The van der Waals surface area contributed by atoms with Crippen molar-refractivity contribution in [3.63, 3.8) is 0 Å². The van der Waals surface area contributed by atoms with E-state index in [1.807, 2.05) is 12.1 Å². The van der Waals surface area contributed by atoms with Gasteiger partial charge in [0.2, 0.25) is 0 Å². The number of rotatable bonds is 3.